The summed E-state index contributed by atoms with van der Waals surface area (Å²) in [5.74, 6) is 0. The van der Waals surface area contributed by atoms with Gasteiger partial charge in [-0.3, -0.25) is 0 Å². The van der Waals surface area contributed by atoms with Gasteiger partial charge in [0.25, 0.3) is 0 Å². The number of benzene rings is 1. The van der Waals surface area contributed by atoms with Crippen LogP contribution in [0.4, 0.5) is 17.6 Å². The number of hydrogen-bond donors (Lipinski definition) is 0. The molecule has 0 saturated heterocycles. The summed E-state index contributed by atoms with van der Waals surface area (Å²) in [6, 6.07) is 3.11. The quantitative estimate of drug-likeness (QED) is 0.655. The lowest BCUT2D eigenvalue weighted by Crippen LogP contribution is -2.17. The minimum absolute atomic E-state index is 0.303. The molecule has 0 saturated carbocycles. The number of rotatable bonds is 0. The van der Waals surface area contributed by atoms with Gasteiger partial charge in [0, 0.05) is 4.47 Å². The van der Waals surface area contributed by atoms with Crippen molar-refractivity contribution in [3.05, 3.63) is 33.8 Å². The third-order valence-electron chi connectivity index (χ3n) is 1.87. The molecular formula is C8H3BrF4O. The Bertz CT molecular complexity index is 391. The highest BCUT2D eigenvalue weighted by atomic mass is 79.9. The van der Waals surface area contributed by atoms with Gasteiger partial charge < -0.3 is 0 Å². The fraction of sp³-hybridized carbons (Fsp3) is 0.250. The lowest BCUT2D eigenvalue weighted by atomic mass is 10.1. The second kappa shape index (κ2) is 2.70. The van der Waals surface area contributed by atoms with E-state index in [1.54, 1.807) is 0 Å². The van der Waals surface area contributed by atoms with Crippen molar-refractivity contribution < 1.29 is 22.3 Å². The monoisotopic (exact) mass is 270 g/mol. The zero-order valence-electron chi connectivity index (χ0n) is 6.53. The van der Waals surface area contributed by atoms with E-state index in [9.17, 15) is 17.6 Å². The highest BCUT2D eigenvalue weighted by molar-refractivity contribution is 9.10. The van der Waals surface area contributed by atoms with E-state index < -0.39 is 23.3 Å². The Hall–Kier alpha value is -0.620. The van der Waals surface area contributed by atoms with Crippen LogP contribution in [0.25, 0.3) is 0 Å². The van der Waals surface area contributed by atoms with E-state index in [0.29, 0.717) is 4.47 Å². The molecule has 14 heavy (non-hydrogen) atoms. The van der Waals surface area contributed by atoms with Crippen molar-refractivity contribution in [1.82, 2.24) is 0 Å². The Morgan fingerprint density at radius 2 is 1.57 bits per heavy atom. The molecule has 0 bridgehead atoms. The maximum atomic E-state index is 12.9. The molecule has 6 heteroatoms. The molecule has 0 aliphatic carbocycles. The van der Waals surface area contributed by atoms with Crippen molar-refractivity contribution in [2.75, 3.05) is 0 Å². The first-order valence-corrected chi connectivity index (χ1v) is 4.38. The summed E-state index contributed by atoms with van der Waals surface area (Å²) in [5.41, 5.74) is -1.58. The van der Waals surface area contributed by atoms with Crippen LogP contribution in [0.15, 0.2) is 22.7 Å². The smallest absolute Gasteiger partial charge is 0.247 e. The van der Waals surface area contributed by atoms with Crippen LogP contribution in [0, 0.1) is 0 Å². The van der Waals surface area contributed by atoms with Crippen molar-refractivity contribution in [3.63, 3.8) is 0 Å². The molecule has 1 aromatic rings. The molecule has 0 N–H and O–H groups in total. The molecule has 0 aromatic heterocycles. The third kappa shape index (κ3) is 1.33. The molecule has 0 atom stereocenters. The standard InChI is InChI=1S/C8H3BrF4O/c9-4-1-2-5-6(3-4)8(12,13)14-7(5,10)11/h1-3H. The topological polar surface area (TPSA) is 9.23 Å². The van der Waals surface area contributed by atoms with Crippen LogP contribution < -0.4 is 0 Å². The van der Waals surface area contributed by atoms with E-state index >= 15 is 0 Å². The molecule has 0 fully saturated rings. The molecular weight excluding hydrogens is 268 g/mol. The largest absolute Gasteiger partial charge is 0.388 e. The number of halogens is 5. The normalized spacial score (nSPS) is 22.1. The summed E-state index contributed by atoms with van der Waals surface area (Å²) >= 11 is 2.92. The van der Waals surface area contributed by atoms with E-state index in [1.807, 2.05) is 0 Å². The van der Waals surface area contributed by atoms with E-state index in [4.69, 9.17) is 0 Å². The lowest BCUT2D eigenvalue weighted by Gasteiger charge is -2.10. The van der Waals surface area contributed by atoms with Gasteiger partial charge in [-0.05, 0) is 18.2 Å². The third-order valence-corrected chi connectivity index (χ3v) is 2.36. The van der Waals surface area contributed by atoms with Gasteiger partial charge >= 0.3 is 12.2 Å². The zero-order chi connectivity index (χ0) is 10.6. The Balaban J connectivity index is 2.66. The van der Waals surface area contributed by atoms with Crippen LogP contribution in [0.2, 0.25) is 0 Å². The van der Waals surface area contributed by atoms with Gasteiger partial charge in [0.15, 0.2) is 0 Å². The van der Waals surface area contributed by atoms with E-state index in [2.05, 4.69) is 20.7 Å². The van der Waals surface area contributed by atoms with Gasteiger partial charge in [-0.1, -0.05) is 15.9 Å². The SMILES string of the molecule is FC1(F)OC(F)(F)c2cc(Br)ccc21. The highest BCUT2D eigenvalue weighted by Gasteiger charge is 2.57. The van der Waals surface area contributed by atoms with Crippen molar-refractivity contribution >= 4 is 15.9 Å². The van der Waals surface area contributed by atoms with Gasteiger partial charge in [0.05, 0.1) is 11.1 Å². The van der Waals surface area contributed by atoms with Crippen molar-refractivity contribution in [2.24, 2.45) is 0 Å². The molecule has 1 heterocycles. The summed E-state index contributed by atoms with van der Waals surface area (Å²) < 4.78 is 55.2. The van der Waals surface area contributed by atoms with Crippen molar-refractivity contribution in [1.29, 1.82) is 0 Å². The van der Waals surface area contributed by atoms with Crippen molar-refractivity contribution in [3.8, 4) is 0 Å². The minimum atomic E-state index is -3.93. The van der Waals surface area contributed by atoms with E-state index in [0.717, 1.165) is 12.1 Å². The predicted octanol–water partition coefficient (Wildman–Crippen LogP) is 3.58. The molecule has 76 valence electrons. The first-order valence-electron chi connectivity index (χ1n) is 3.59. The summed E-state index contributed by atoms with van der Waals surface area (Å²) in [4.78, 5) is 0. The van der Waals surface area contributed by atoms with Crippen LogP contribution in [0.3, 0.4) is 0 Å². The van der Waals surface area contributed by atoms with Gasteiger partial charge in [0.1, 0.15) is 0 Å². The zero-order valence-corrected chi connectivity index (χ0v) is 8.12. The molecule has 0 unspecified atom stereocenters. The second-order valence-electron chi connectivity index (χ2n) is 2.83. The maximum absolute atomic E-state index is 12.9. The Morgan fingerprint density at radius 1 is 1.00 bits per heavy atom. The fourth-order valence-corrected chi connectivity index (χ4v) is 1.64. The average Bonchev–Trinajstić information content (AvgIpc) is 2.17. The summed E-state index contributed by atoms with van der Waals surface area (Å²) in [7, 11) is 0. The first kappa shape index (κ1) is 9.92. The molecule has 1 aliphatic rings. The van der Waals surface area contributed by atoms with Crippen LogP contribution in [-0.4, -0.2) is 0 Å². The maximum Gasteiger partial charge on any atom is 0.388 e. The highest BCUT2D eigenvalue weighted by Crippen LogP contribution is 2.51. The Kier molecular flexibility index (Phi) is 1.91. The molecule has 1 aliphatic heterocycles. The van der Waals surface area contributed by atoms with E-state index in [-0.39, 0.29) is 0 Å². The number of fused-ring (bicyclic) bond motifs is 1. The van der Waals surface area contributed by atoms with E-state index in [1.165, 1.54) is 6.07 Å². The van der Waals surface area contributed by atoms with Crippen LogP contribution >= 0.6 is 15.9 Å². The first-order chi connectivity index (χ1) is 6.33. The molecule has 1 aromatic carbocycles. The number of ether oxygens (including phenoxy) is 1. The number of alkyl halides is 4. The molecule has 2 rings (SSSR count). The molecule has 1 nitrogen and oxygen atoms in total. The lowest BCUT2D eigenvalue weighted by molar-refractivity contribution is -0.369. The van der Waals surface area contributed by atoms with Crippen LogP contribution in [-0.2, 0) is 17.0 Å². The van der Waals surface area contributed by atoms with Gasteiger partial charge in [-0.25, -0.2) is 4.74 Å². The summed E-state index contributed by atoms with van der Waals surface area (Å²) in [5, 5.41) is 0. The average molecular weight is 271 g/mol. The molecule has 0 radical (unpaired) electrons. The minimum Gasteiger partial charge on any atom is -0.247 e. The predicted molar refractivity (Wildman–Crippen MR) is 43.0 cm³/mol. The number of hydrogen-bond acceptors (Lipinski definition) is 1. The molecule has 0 spiro atoms. The van der Waals surface area contributed by atoms with Gasteiger partial charge in [-0.2, -0.15) is 17.6 Å². The van der Waals surface area contributed by atoms with Crippen LogP contribution in [0.5, 0.6) is 0 Å². The Morgan fingerprint density at radius 3 is 2.21 bits per heavy atom. The fourth-order valence-electron chi connectivity index (χ4n) is 1.28. The Labute approximate surface area is 84.8 Å². The molecule has 0 amide bonds. The second-order valence-corrected chi connectivity index (χ2v) is 3.74. The summed E-state index contributed by atoms with van der Waals surface area (Å²) in [6.07, 6.45) is -7.85. The van der Waals surface area contributed by atoms with Crippen LogP contribution in [0.1, 0.15) is 11.1 Å². The van der Waals surface area contributed by atoms with Crippen molar-refractivity contribution in [2.45, 2.75) is 12.2 Å². The van der Waals surface area contributed by atoms with Gasteiger partial charge in [-0.15, -0.1) is 0 Å². The van der Waals surface area contributed by atoms with Gasteiger partial charge in [0.2, 0.25) is 0 Å². The summed E-state index contributed by atoms with van der Waals surface area (Å²) in [6.45, 7) is 0.